The highest BCUT2D eigenvalue weighted by Crippen LogP contribution is 2.23. The van der Waals surface area contributed by atoms with E-state index in [0.29, 0.717) is 0 Å². The van der Waals surface area contributed by atoms with E-state index in [-0.39, 0.29) is 0 Å². The Hall–Kier alpha value is -1.77. The van der Waals surface area contributed by atoms with Gasteiger partial charge >= 0.3 is 0 Å². The van der Waals surface area contributed by atoms with Crippen LogP contribution in [0.25, 0.3) is 0 Å². The molecule has 0 fully saturated rings. The third kappa shape index (κ3) is 1.94. The lowest BCUT2D eigenvalue weighted by atomic mass is 10.1. The number of imidazole rings is 1. The minimum atomic E-state index is 0.884. The van der Waals surface area contributed by atoms with E-state index >= 15 is 0 Å². The quantitative estimate of drug-likeness (QED) is 0.834. The van der Waals surface area contributed by atoms with Gasteiger partial charge in [-0.2, -0.15) is 0 Å². The first-order chi connectivity index (χ1) is 7.58. The Bertz CT molecular complexity index is 492. The second kappa shape index (κ2) is 4.00. The van der Waals surface area contributed by atoms with Crippen LogP contribution in [0.1, 0.15) is 16.8 Å². The minimum absolute atomic E-state index is 0.884. The van der Waals surface area contributed by atoms with Crippen molar-refractivity contribution in [2.24, 2.45) is 7.05 Å². The zero-order valence-corrected chi connectivity index (χ0v) is 10.2. The average Bonchev–Trinajstić information content (AvgIpc) is 2.51. The summed E-state index contributed by atoms with van der Waals surface area (Å²) < 4.78 is 2.00. The molecule has 1 N–H and O–H groups in total. The normalized spacial score (nSPS) is 10.5. The van der Waals surface area contributed by atoms with Gasteiger partial charge < -0.3 is 9.88 Å². The van der Waals surface area contributed by atoms with Crippen LogP contribution in [-0.2, 0) is 7.05 Å². The van der Waals surface area contributed by atoms with Gasteiger partial charge in [0.2, 0.25) is 5.95 Å². The summed E-state index contributed by atoms with van der Waals surface area (Å²) in [5.41, 5.74) is 4.65. The molecule has 2 rings (SSSR count). The van der Waals surface area contributed by atoms with Crippen molar-refractivity contribution in [2.75, 3.05) is 5.32 Å². The van der Waals surface area contributed by atoms with Gasteiger partial charge in [0.05, 0.1) is 5.69 Å². The van der Waals surface area contributed by atoms with E-state index in [1.54, 1.807) is 0 Å². The highest BCUT2D eigenvalue weighted by atomic mass is 15.2. The summed E-state index contributed by atoms with van der Waals surface area (Å²) in [5.74, 6) is 0.884. The minimum Gasteiger partial charge on any atom is -0.325 e. The second-order valence-electron chi connectivity index (χ2n) is 4.21. The topological polar surface area (TPSA) is 29.9 Å². The lowest BCUT2D eigenvalue weighted by Gasteiger charge is -2.11. The van der Waals surface area contributed by atoms with Crippen LogP contribution in [0.2, 0.25) is 0 Å². The fourth-order valence-electron chi connectivity index (χ4n) is 1.86. The number of benzene rings is 1. The second-order valence-corrected chi connectivity index (χ2v) is 4.21. The molecule has 0 unspecified atom stereocenters. The Morgan fingerprint density at radius 3 is 2.25 bits per heavy atom. The molecule has 84 valence electrons. The Kier molecular flexibility index (Phi) is 2.69. The summed E-state index contributed by atoms with van der Waals surface area (Å²) >= 11 is 0. The highest BCUT2D eigenvalue weighted by Gasteiger charge is 2.06. The van der Waals surface area contributed by atoms with E-state index in [1.165, 1.54) is 11.1 Å². The average molecular weight is 215 g/mol. The van der Waals surface area contributed by atoms with Crippen molar-refractivity contribution in [1.82, 2.24) is 9.55 Å². The number of hydrogen-bond donors (Lipinski definition) is 1. The highest BCUT2D eigenvalue weighted by molar-refractivity contribution is 5.63. The number of anilines is 2. The summed E-state index contributed by atoms with van der Waals surface area (Å²) in [5, 5.41) is 3.38. The number of aryl methyl sites for hydroxylation is 4. The third-order valence-electron chi connectivity index (χ3n) is 2.71. The molecule has 1 heterocycles. The van der Waals surface area contributed by atoms with E-state index in [2.05, 4.69) is 42.3 Å². The van der Waals surface area contributed by atoms with E-state index in [0.717, 1.165) is 17.3 Å². The van der Waals surface area contributed by atoms with Crippen molar-refractivity contribution in [1.29, 1.82) is 0 Å². The molecule has 0 bridgehead atoms. The van der Waals surface area contributed by atoms with Crippen molar-refractivity contribution in [3.63, 3.8) is 0 Å². The molecule has 2 aromatic rings. The van der Waals surface area contributed by atoms with E-state index < -0.39 is 0 Å². The zero-order valence-electron chi connectivity index (χ0n) is 10.2. The Morgan fingerprint density at radius 1 is 1.12 bits per heavy atom. The molecule has 3 nitrogen and oxygen atoms in total. The number of aromatic nitrogens is 2. The van der Waals surface area contributed by atoms with Crippen molar-refractivity contribution >= 4 is 11.6 Å². The summed E-state index contributed by atoms with van der Waals surface area (Å²) in [6, 6.07) is 6.27. The zero-order chi connectivity index (χ0) is 11.7. The Labute approximate surface area is 96.1 Å². The predicted molar refractivity (Wildman–Crippen MR) is 67.1 cm³/mol. The maximum Gasteiger partial charge on any atom is 0.207 e. The first kappa shape index (κ1) is 10.7. The molecule has 1 aromatic heterocycles. The maximum absolute atomic E-state index is 4.44. The summed E-state index contributed by atoms with van der Waals surface area (Å²) in [4.78, 5) is 4.44. The number of nitrogens with one attached hydrogen (secondary N) is 1. The molecular weight excluding hydrogens is 198 g/mol. The maximum atomic E-state index is 4.44. The van der Waals surface area contributed by atoms with Crippen molar-refractivity contribution in [3.8, 4) is 0 Å². The molecule has 0 aliphatic rings. The van der Waals surface area contributed by atoms with Crippen LogP contribution in [-0.4, -0.2) is 9.55 Å². The number of rotatable bonds is 2. The number of para-hydroxylation sites is 1. The van der Waals surface area contributed by atoms with Gasteiger partial charge in [-0.3, -0.25) is 0 Å². The van der Waals surface area contributed by atoms with Gasteiger partial charge in [0.25, 0.3) is 0 Å². The van der Waals surface area contributed by atoms with Crippen LogP contribution in [0.4, 0.5) is 11.6 Å². The molecule has 0 atom stereocenters. The molecule has 0 radical (unpaired) electrons. The van der Waals surface area contributed by atoms with Gasteiger partial charge in [-0.05, 0) is 31.9 Å². The summed E-state index contributed by atoms with van der Waals surface area (Å²) in [7, 11) is 2.00. The molecule has 0 aliphatic carbocycles. The van der Waals surface area contributed by atoms with Gasteiger partial charge in [-0.1, -0.05) is 18.2 Å². The Balaban J connectivity index is 2.37. The van der Waals surface area contributed by atoms with Gasteiger partial charge in [0.15, 0.2) is 0 Å². The van der Waals surface area contributed by atoms with Gasteiger partial charge in [0.1, 0.15) is 0 Å². The van der Waals surface area contributed by atoms with Crippen LogP contribution >= 0.6 is 0 Å². The smallest absolute Gasteiger partial charge is 0.207 e. The van der Waals surface area contributed by atoms with Crippen molar-refractivity contribution < 1.29 is 0 Å². The van der Waals surface area contributed by atoms with Crippen LogP contribution in [0.15, 0.2) is 24.4 Å². The first-order valence-corrected chi connectivity index (χ1v) is 5.41. The van der Waals surface area contributed by atoms with Gasteiger partial charge in [-0.25, -0.2) is 4.98 Å². The molecule has 16 heavy (non-hydrogen) atoms. The molecular formula is C13H17N3. The summed E-state index contributed by atoms with van der Waals surface area (Å²) in [6.07, 6.45) is 2.01. The lowest BCUT2D eigenvalue weighted by molar-refractivity contribution is 0.923. The van der Waals surface area contributed by atoms with Gasteiger partial charge in [-0.15, -0.1) is 0 Å². The van der Waals surface area contributed by atoms with E-state index in [4.69, 9.17) is 0 Å². The van der Waals surface area contributed by atoms with Crippen LogP contribution in [0.5, 0.6) is 0 Å². The number of hydrogen-bond acceptors (Lipinski definition) is 2. The fraction of sp³-hybridized carbons (Fsp3) is 0.308. The number of nitrogens with zero attached hydrogens (tertiary/aromatic N) is 2. The molecule has 0 saturated heterocycles. The third-order valence-corrected chi connectivity index (χ3v) is 2.71. The molecule has 1 aromatic carbocycles. The molecule has 3 heteroatoms. The van der Waals surface area contributed by atoms with Crippen LogP contribution in [0.3, 0.4) is 0 Å². The fourth-order valence-corrected chi connectivity index (χ4v) is 1.86. The summed E-state index contributed by atoms with van der Waals surface area (Å²) in [6.45, 7) is 6.20. The Morgan fingerprint density at radius 2 is 1.75 bits per heavy atom. The standard InChI is InChI=1S/C13H17N3/c1-9-6-5-7-10(2)12(9)15-13-14-11(3)8-16(13)4/h5-8H,1-4H3,(H,14,15). The SMILES string of the molecule is Cc1cn(C)c(Nc2c(C)cccc2C)n1. The molecule has 0 aliphatic heterocycles. The van der Waals surface area contributed by atoms with Gasteiger partial charge in [0, 0.05) is 18.9 Å². The van der Waals surface area contributed by atoms with Crippen molar-refractivity contribution in [3.05, 3.63) is 41.2 Å². The van der Waals surface area contributed by atoms with Crippen LogP contribution < -0.4 is 5.32 Å². The first-order valence-electron chi connectivity index (χ1n) is 5.41. The van der Waals surface area contributed by atoms with E-state index in [9.17, 15) is 0 Å². The molecule has 0 amide bonds. The molecule has 0 spiro atoms. The van der Waals surface area contributed by atoms with E-state index in [1.807, 2.05) is 24.7 Å². The lowest BCUT2D eigenvalue weighted by Crippen LogP contribution is -2.01. The van der Waals surface area contributed by atoms with Crippen molar-refractivity contribution in [2.45, 2.75) is 20.8 Å². The molecule has 0 saturated carbocycles. The monoisotopic (exact) mass is 215 g/mol. The van der Waals surface area contributed by atoms with Crippen LogP contribution in [0, 0.1) is 20.8 Å². The largest absolute Gasteiger partial charge is 0.325 e. The predicted octanol–water partition coefficient (Wildman–Crippen LogP) is 3.09.